The number of hydrogen-bond donors (Lipinski definition) is 1. The van der Waals surface area contributed by atoms with Crippen molar-refractivity contribution in [2.45, 2.75) is 19.9 Å². The number of aromatic carboxylic acids is 1. The van der Waals surface area contributed by atoms with Crippen LogP contribution < -0.4 is 0 Å². The molecule has 0 radical (unpaired) electrons. The van der Waals surface area contributed by atoms with Crippen molar-refractivity contribution in [3.63, 3.8) is 0 Å². The minimum atomic E-state index is -1.02. The zero-order chi connectivity index (χ0) is 12.6. The van der Waals surface area contributed by atoms with E-state index < -0.39 is 5.97 Å². The van der Waals surface area contributed by atoms with Gasteiger partial charge in [-0.15, -0.1) is 0 Å². The lowest BCUT2D eigenvalue weighted by molar-refractivity contribution is 0.0699. The highest BCUT2D eigenvalue weighted by atomic mass is 35.5. The summed E-state index contributed by atoms with van der Waals surface area (Å²) in [5.74, 6) is -1.02. The summed E-state index contributed by atoms with van der Waals surface area (Å²) in [4.78, 5) is 11.2. The Balaban J connectivity index is 2.83. The summed E-state index contributed by atoms with van der Waals surface area (Å²) in [5.41, 5.74) is 0.911. The lowest BCUT2D eigenvalue weighted by Gasteiger charge is -2.04. The largest absolute Gasteiger partial charge is 0.478 e. The average Bonchev–Trinajstić information content (AvgIpc) is 2.53. The van der Waals surface area contributed by atoms with E-state index >= 15 is 0 Å². The number of benzene rings is 1. The molecule has 17 heavy (non-hydrogen) atoms. The van der Waals surface area contributed by atoms with Gasteiger partial charge in [0.1, 0.15) is 10.7 Å². The number of carboxylic acids is 1. The van der Waals surface area contributed by atoms with Gasteiger partial charge >= 0.3 is 5.97 Å². The number of rotatable bonds is 3. The summed E-state index contributed by atoms with van der Waals surface area (Å²) in [6.45, 7) is 2.68. The Labute approximate surface area is 109 Å². The van der Waals surface area contributed by atoms with Gasteiger partial charge in [-0.05, 0) is 18.6 Å². The molecule has 1 N–H and O–H groups in total. The molecule has 2 aromatic rings. The maximum atomic E-state index is 11.2. The van der Waals surface area contributed by atoms with Crippen molar-refractivity contribution in [3.05, 3.63) is 33.9 Å². The van der Waals surface area contributed by atoms with E-state index in [1.807, 2.05) is 6.92 Å². The third-order valence-electron chi connectivity index (χ3n) is 2.62. The predicted molar refractivity (Wildman–Crippen MR) is 69.2 cm³/mol. The Bertz CT molecular complexity index is 590. The van der Waals surface area contributed by atoms with E-state index in [4.69, 9.17) is 23.2 Å². The van der Waals surface area contributed by atoms with E-state index in [1.165, 1.54) is 0 Å². The molecule has 0 saturated carbocycles. The maximum absolute atomic E-state index is 11.2. The molecule has 0 unspecified atom stereocenters. The molecule has 0 amide bonds. The van der Waals surface area contributed by atoms with Crippen LogP contribution in [0, 0.1) is 0 Å². The molecular weight excluding hydrogens is 261 g/mol. The quantitative estimate of drug-likeness (QED) is 0.915. The molecular formula is C12H11Cl2NO2. The molecule has 0 atom stereocenters. The number of nitrogens with zero attached hydrogens (tertiary/aromatic N) is 1. The topological polar surface area (TPSA) is 42.2 Å². The monoisotopic (exact) mass is 271 g/mol. The second-order valence-electron chi connectivity index (χ2n) is 3.78. The second kappa shape index (κ2) is 4.59. The predicted octanol–water partition coefficient (Wildman–Crippen LogP) is 4.06. The van der Waals surface area contributed by atoms with Crippen LogP contribution in [-0.2, 0) is 6.54 Å². The molecule has 0 bridgehead atoms. The molecule has 1 aromatic heterocycles. The van der Waals surface area contributed by atoms with Gasteiger partial charge in [0, 0.05) is 17.0 Å². The Morgan fingerprint density at radius 1 is 1.41 bits per heavy atom. The van der Waals surface area contributed by atoms with Crippen molar-refractivity contribution >= 4 is 40.1 Å². The Kier molecular flexibility index (Phi) is 3.31. The van der Waals surface area contributed by atoms with E-state index in [9.17, 15) is 9.90 Å². The number of carbonyl (C=O) groups is 1. The Hall–Kier alpha value is -1.19. The van der Waals surface area contributed by atoms with Crippen molar-refractivity contribution in [2.75, 3.05) is 0 Å². The number of carboxylic acid groups (broad SMARTS) is 1. The molecule has 0 fully saturated rings. The molecule has 0 aliphatic heterocycles. The SMILES string of the molecule is CCCn1c(Cl)c(C(=O)O)c2ccc(Cl)cc21. The van der Waals surface area contributed by atoms with Crippen LogP contribution in [0.25, 0.3) is 10.9 Å². The third-order valence-corrected chi connectivity index (χ3v) is 3.25. The molecule has 3 nitrogen and oxygen atoms in total. The van der Waals surface area contributed by atoms with Gasteiger partial charge in [0.2, 0.25) is 0 Å². The molecule has 1 heterocycles. The normalized spacial score (nSPS) is 11.0. The summed E-state index contributed by atoms with van der Waals surface area (Å²) in [6.07, 6.45) is 0.870. The van der Waals surface area contributed by atoms with Crippen LogP contribution in [0.3, 0.4) is 0 Å². The summed E-state index contributed by atoms with van der Waals surface area (Å²) in [7, 11) is 0. The minimum Gasteiger partial charge on any atom is -0.478 e. The van der Waals surface area contributed by atoms with Gasteiger partial charge in [0.05, 0.1) is 5.52 Å². The zero-order valence-electron chi connectivity index (χ0n) is 9.20. The van der Waals surface area contributed by atoms with E-state index in [1.54, 1.807) is 22.8 Å². The summed E-state index contributed by atoms with van der Waals surface area (Å²) < 4.78 is 1.78. The minimum absolute atomic E-state index is 0.145. The van der Waals surface area contributed by atoms with Crippen molar-refractivity contribution in [3.8, 4) is 0 Å². The van der Waals surface area contributed by atoms with E-state index in [0.29, 0.717) is 17.0 Å². The first-order valence-corrected chi connectivity index (χ1v) is 6.02. The van der Waals surface area contributed by atoms with Gasteiger partial charge < -0.3 is 9.67 Å². The van der Waals surface area contributed by atoms with Gasteiger partial charge in [-0.2, -0.15) is 0 Å². The van der Waals surface area contributed by atoms with Crippen molar-refractivity contribution in [1.29, 1.82) is 0 Å². The zero-order valence-corrected chi connectivity index (χ0v) is 10.7. The fourth-order valence-corrected chi connectivity index (χ4v) is 2.46. The number of hydrogen-bond acceptors (Lipinski definition) is 1. The maximum Gasteiger partial charge on any atom is 0.339 e. The van der Waals surface area contributed by atoms with Crippen LogP contribution >= 0.6 is 23.2 Å². The highest BCUT2D eigenvalue weighted by Crippen LogP contribution is 2.32. The molecule has 1 aromatic carbocycles. The van der Waals surface area contributed by atoms with Crippen LogP contribution in [0.15, 0.2) is 18.2 Å². The second-order valence-corrected chi connectivity index (χ2v) is 4.58. The van der Waals surface area contributed by atoms with Crippen LogP contribution in [-0.4, -0.2) is 15.6 Å². The first-order valence-electron chi connectivity index (χ1n) is 5.26. The smallest absolute Gasteiger partial charge is 0.339 e. The van der Waals surface area contributed by atoms with Gasteiger partial charge in [-0.3, -0.25) is 0 Å². The standard InChI is InChI=1S/C12H11Cl2NO2/c1-2-5-15-9-6-7(13)3-4-8(9)10(11(15)14)12(16)17/h3-4,6H,2,5H2,1H3,(H,16,17). The molecule has 0 aliphatic rings. The van der Waals surface area contributed by atoms with E-state index in [0.717, 1.165) is 11.9 Å². The van der Waals surface area contributed by atoms with Crippen molar-refractivity contribution in [1.82, 2.24) is 4.57 Å². The first kappa shape index (κ1) is 12.3. The van der Waals surface area contributed by atoms with Crippen molar-refractivity contribution in [2.24, 2.45) is 0 Å². The first-order chi connectivity index (χ1) is 8.06. The van der Waals surface area contributed by atoms with Crippen LogP contribution in [0.2, 0.25) is 10.2 Å². The third kappa shape index (κ3) is 2.01. The van der Waals surface area contributed by atoms with Gasteiger partial charge in [0.15, 0.2) is 0 Å². The van der Waals surface area contributed by atoms with E-state index in [2.05, 4.69) is 0 Å². The summed E-state index contributed by atoms with van der Waals surface area (Å²) >= 11 is 12.0. The molecule has 5 heteroatoms. The van der Waals surface area contributed by atoms with Gasteiger partial charge in [-0.1, -0.05) is 36.2 Å². The van der Waals surface area contributed by atoms with Crippen LogP contribution in [0.4, 0.5) is 0 Å². The Morgan fingerprint density at radius 2 is 2.12 bits per heavy atom. The lowest BCUT2D eigenvalue weighted by atomic mass is 10.2. The number of halogens is 2. The van der Waals surface area contributed by atoms with Crippen LogP contribution in [0.5, 0.6) is 0 Å². The summed E-state index contributed by atoms with van der Waals surface area (Å²) in [6, 6.07) is 5.10. The fourth-order valence-electron chi connectivity index (χ4n) is 1.94. The van der Waals surface area contributed by atoms with E-state index in [-0.39, 0.29) is 10.7 Å². The van der Waals surface area contributed by atoms with Crippen molar-refractivity contribution < 1.29 is 9.90 Å². The van der Waals surface area contributed by atoms with Crippen LogP contribution in [0.1, 0.15) is 23.7 Å². The average molecular weight is 272 g/mol. The molecule has 0 aliphatic carbocycles. The molecule has 0 spiro atoms. The number of aryl methyl sites for hydroxylation is 1. The fraction of sp³-hybridized carbons (Fsp3) is 0.250. The number of fused-ring (bicyclic) bond motifs is 1. The Morgan fingerprint density at radius 3 is 2.71 bits per heavy atom. The summed E-state index contributed by atoms with van der Waals surface area (Å²) in [5, 5.41) is 10.6. The molecule has 2 rings (SSSR count). The lowest BCUT2D eigenvalue weighted by Crippen LogP contribution is -1.99. The molecule has 0 saturated heterocycles. The van der Waals surface area contributed by atoms with Gasteiger partial charge in [-0.25, -0.2) is 4.79 Å². The highest BCUT2D eigenvalue weighted by molar-refractivity contribution is 6.36. The highest BCUT2D eigenvalue weighted by Gasteiger charge is 2.20. The number of aromatic nitrogens is 1. The van der Waals surface area contributed by atoms with Gasteiger partial charge in [0.25, 0.3) is 0 Å². The molecule has 90 valence electrons.